The molecular weight excluding hydrogens is 603 g/mol. The fraction of sp³-hybridized carbons (Fsp3) is 0.312. The van der Waals surface area contributed by atoms with E-state index in [9.17, 15) is 19.5 Å². The van der Waals surface area contributed by atoms with Crippen molar-refractivity contribution in [3.05, 3.63) is 89.9 Å². The standard InChI is InChI=1S/C32H31N3O5S3/c1-3-33-27(17-25(40-4-2)29-31(39)34(18-28(36)37)32(41)43-29)42-26(30(33)38)16-19-13-14-24-22(15-19)21-11-8-12-23(21)35(24)20-9-6-5-7-10-20/h5-7,9-10,13-17,21,23H,3-4,8,11-12,18H2,1-2H3,(H,36,37)/b26-16-,27-17?,29-25-. The van der Waals surface area contributed by atoms with E-state index >= 15 is 0 Å². The summed E-state index contributed by atoms with van der Waals surface area (Å²) in [5.74, 6) is -0.926. The van der Waals surface area contributed by atoms with Crippen LogP contribution < -0.4 is 19.7 Å². The summed E-state index contributed by atoms with van der Waals surface area (Å²) >= 11 is 7.61. The molecule has 1 saturated heterocycles. The number of carboxylic acid groups (broad SMARTS) is 1. The van der Waals surface area contributed by atoms with Crippen molar-refractivity contribution in [3.63, 3.8) is 0 Å². The van der Waals surface area contributed by atoms with Gasteiger partial charge in [-0.15, -0.1) is 11.3 Å². The number of ether oxygens (including phenoxy) is 1. The van der Waals surface area contributed by atoms with Crippen LogP contribution in [-0.4, -0.2) is 50.0 Å². The number of aliphatic carboxylic acids is 1. The molecular formula is C32H31N3O5S3. The van der Waals surface area contributed by atoms with Gasteiger partial charge in [-0.1, -0.05) is 54.7 Å². The Kier molecular flexibility index (Phi) is 8.30. The smallest absolute Gasteiger partial charge is 0.323 e. The van der Waals surface area contributed by atoms with E-state index in [-0.39, 0.29) is 27.2 Å². The number of amides is 1. The van der Waals surface area contributed by atoms with Gasteiger partial charge in [-0.2, -0.15) is 0 Å². The minimum absolute atomic E-state index is 0.113. The third kappa shape index (κ3) is 5.45. The number of carbonyl (C=O) groups is 2. The molecule has 2 atom stereocenters. The molecule has 0 bridgehead atoms. The van der Waals surface area contributed by atoms with Crippen LogP contribution in [0.4, 0.5) is 11.4 Å². The van der Waals surface area contributed by atoms with Gasteiger partial charge in [-0.3, -0.25) is 23.9 Å². The first-order chi connectivity index (χ1) is 20.8. The number of carboxylic acids is 1. The normalized spacial score (nSPS) is 21.5. The molecule has 2 aliphatic heterocycles. The highest BCUT2D eigenvalue weighted by Crippen LogP contribution is 2.52. The zero-order valence-corrected chi connectivity index (χ0v) is 26.3. The van der Waals surface area contributed by atoms with Gasteiger partial charge in [0.2, 0.25) is 0 Å². The molecule has 3 heterocycles. The highest BCUT2D eigenvalue weighted by molar-refractivity contribution is 8.26. The zero-order valence-electron chi connectivity index (χ0n) is 23.8. The lowest BCUT2D eigenvalue weighted by Gasteiger charge is -2.27. The number of rotatable bonds is 8. The summed E-state index contributed by atoms with van der Waals surface area (Å²) in [5.41, 5.74) is 4.65. The predicted octanol–water partition coefficient (Wildman–Crippen LogP) is 4.52. The van der Waals surface area contributed by atoms with E-state index in [0.29, 0.717) is 27.7 Å². The van der Waals surface area contributed by atoms with Crippen molar-refractivity contribution in [2.45, 2.75) is 51.6 Å². The van der Waals surface area contributed by atoms with Gasteiger partial charge in [0.05, 0.1) is 11.1 Å². The Morgan fingerprint density at radius 3 is 2.65 bits per heavy atom. The van der Waals surface area contributed by atoms with Crippen LogP contribution in [0, 0.1) is 0 Å². The fourth-order valence-electron chi connectivity index (χ4n) is 6.24. The van der Waals surface area contributed by atoms with Crippen LogP contribution in [0.1, 0.15) is 50.2 Å². The molecule has 2 fully saturated rings. The van der Waals surface area contributed by atoms with Crippen LogP contribution in [0.3, 0.4) is 0 Å². The minimum Gasteiger partial charge on any atom is -0.492 e. The molecule has 1 aliphatic carbocycles. The second-order valence-electron chi connectivity index (χ2n) is 10.6. The first kappa shape index (κ1) is 29.4. The molecule has 0 radical (unpaired) electrons. The van der Waals surface area contributed by atoms with Crippen molar-refractivity contribution < 1.29 is 19.4 Å². The van der Waals surface area contributed by atoms with Crippen molar-refractivity contribution in [2.24, 2.45) is 0 Å². The monoisotopic (exact) mass is 633 g/mol. The van der Waals surface area contributed by atoms with E-state index < -0.39 is 18.4 Å². The predicted molar refractivity (Wildman–Crippen MR) is 175 cm³/mol. The molecule has 3 aliphatic rings. The van der Waals surface area contributed by atoms with E-state index in [1.807, 2.05) is 19.1 Å². The van der Waals surface area contributed by atoms with E-state index in [1.54, 1.807) is 17.6 Å². The maximum atomic E-state index is 13.5. The van der Waals surface area contributed by atoms with E-state index in [2.05, 4.69) is 47.4 Å². The molecule has 2 aromatic carbocycles. The fourth-order valence-corrected chi connectivity index (χ4v) is 8.59. The Morgan fingerprint density at radius 1 is 1.14 bits per heavy atom. The van der Waals surface area contributed by atoms with Gasteiger partial charge in [-0.05, 0) is 68.2 Å². The number of hydrogen-bond donors (Lipinski definition) is 1. The number of allylic oxidation sites excluding steroid dienone is 1. The summed E-state index contributed by atoms with van der Waals surface area (Å²) in [6.45, 7) is 3.90. The summed E-state index contributed by atoms with van der Waals surface area (Å²) in [6.07, 6.45) is 7.15. The summed E-state index contributed by atoms with van der Waals surface area (Å²) < 4.78 is 8.87. The number of thiocarbonyl (C=S) groups is 1. The number of anilines is 2. The third-order valence-corrected chi connectivity index (χ3v) is 10.5. The highest BCUT2D eigenvalue weighted by Gasteiger charge is 2.42. The summed E-state index contributed by atoms with van der Waals surface area (Å²) in [5, 5.41) is 9.20. The Hall–Kier alpha value is -3.67. The van der Waals surface area contributed by atoms with Crippen LogP contribution in [-0.2, 0) is 20.9 Å². The van der Waals surface area contributed by atoms with Gasteiger partial charge in [0.25, 0.3) is 11.5 Å². The molecule has 2 unspecified atom stereocenters. The van der Waals surface area contributed by atoms with E-state index in [0.717, 1.165) is 35.1 Å². The number of fused-ring (bicyclic) bond motifs is 3. The lowest BCUT2D eigenvalue weighted by Crippen LogP contribution is -2.33. The molecule has 43 heavy (non-hydrogen) atoms. The Bertz CT molecular complexity index is 1830. The van der Waals surface area contributed by atoms with E-state index in [1.165, 1.54) is 34.7 Å². The lowest BCUT2D eigenvalue weighted by molar-refractivity contribution is -0.140. The topological polar surface area (TPSA) is 92.1 Å². The molecule has 0 spiro atoms. The zero-order chi connectivity index (χ0) is 30.2. The number of nitrogens with zero attached hydrogens (tertiary/aromatic N) is 3. The molecule has 3 aromatic rings. The number of thioether (sulfide) groups is 1. The summed E-state index contributed by atoms with van der Waals surface area (Å²) in [7, 11) is 0. The Balaban J connectivity index is 1.41. The van der Waals surface area contributed by atoms with Crippen LogP contribution in [0.15, 0.2) is 64.0 Å². The maximum absolute atomic E-state index is 13.5. The minimum atomic E-state index is -1.15. The lowest BCUT2D eigenvalue weighted by atomic mass is 9.96. The van der Waals surface area contributed by atoms with Crippen molar-refractivity contribution in [2.75, 3.05) is 18.1 Å². The summed E-state index contributed by atoms with van der Waals surface area (Å²) in [6, 6.07) is 17.5. The molecule has 1 N–H and O–H groups in total. The number of benzene rings is 2. The molecule has 1 amide bonds. The van der Waals surface area contributed by atoms with Gasteiger partial charge >= 0.3 is 5.97 Å². The number of aromatic nitrogens is 1. The average molecular weight is 634 g/mol. The highest BCUT2D eigenvalue weighted by atomic mass is 32.2. The van der Waals surface area contributed by atoms with Crippen LogP contribution in [0.25, 0.3) is 12.2 Å². The quantitative estimate of drug-likeness (QED) is 0.220. The van der Waals surface area contributed by atoms with Crippen molar-refractivity contribution in [1.82, 2.24) is 9.47 Å². The number of hydrogen-bond acceptors (Lipinski definition) is 8. The molecule has 1 saturated carbocycles. The molecule has 222 valence electrons. The molecule has 11 heteroatoms. The Labute approximate surface area is 262 Å². The maximum Gasteiger partial charge on any atom is 0.323 e. The number of para-hydroxylation sites is 1. The molecule has 6 rings (SSSR count). The number of thiazole rings is 1. The Morgan fingerprint density at radius 2 is 1.93 bits per heavy atom. The van der Waals surface area contributed by atoms with Crippen LogP contribution in [0.2, 0.25) is 0 Å². The average Bonchev–Trinajstić information content (AvgIpc) is 3.72. The van der Waals surface area contributed by atoms with Gasteiger partial charge in [0.1, 0.15) is 26.2 Å². The molecule has 8 nitrogen and oxygen atoms in total. The van der Waals surface area contributed by atoms with Crippen molar-refractivity contribution in [3.8, 4) is 0 Å². The van der Waals surface area contributed by atoms with E-state index in [4.69, 9.17) is 17.0 Å². The first-order valence-electron chi connectivity index (χ1n) is 14.3. The van der Waals surface area contributed by atoms with Gasteiger partial charge in [0, 0.05) is 36.0 Å². The third-order valence-electron chi connectivity index (χ3n) is 8.03. The van der Waals surface area contributed by atoms with Gasteiger partial charge < -0.3 is 14.7 Å². The second-order valence-corrected chi connectivity index (χ2v) is 13.3. The number of carbonyl (C=O) groups excluding carboxylic acids is 1. The van der Waals surface area contributed by atoms with Crippen LogP contribution >= 0.6 is 35.3 Å². The summed E-state index contributed by atoms with van der Waals surface area (Å²) in [4.78, 5) is 41.5. The second kappa shape index (κ2) is 12.1. The van der Waals surface area contributed by atoms with Gasteiger partial charge in [-0.25, -0.2) is 0 Å². The SMILES string of the molecule is CCO/C(C=c1s/c(=C\c2ccc3c(c2)C2CCCC2N3c2ccccc2)c(=O)n1CC)=C1\SC(=S)N(CC(=O)O)C1=O. The molecule has 1 aromatic heterocycles. The van der Waals surface area contributed by atoms with Gasteiger partial charge in [0.15, 0.2) is 0 Å². The van der Waals surface area contributed by atoms with Crippen LogP contribution in [0.5, 0.6) is 0 Å². The largest absolute Gasteiger partial charge is 0.492 e. The first-order valence-corrected chi connectivity index (χ1v) is 16.4. The van der Waals surface area contributed by atoms with Crippen molar-refractivity contribution in [1.29, 1.82) is 0 Å². The van der Waals surface area contributed by atoms with Crippen molar-refractivity contribution >= 4 is 75.0 Å².